The fourth-order valence-corrected chi connectivity index (χ4v) is 1.46. The summed E-state index contributed by atoms with van der Waals surface area (Å²) in [5, 5.41) is 2.04. The number of pyridine rings is 2. The maximum absolute atomic E-state index is 5.57. The molecule has 0 spiro atoms. The van der Waals surface area contributed by atoms with Gasteiger partial charge in [-0.3, -0.25) is 9.97 Å². The van der Waals surface area contributed by atoms with Crippen molar-refractivity contribution in [2.75, 3.05) is 0 Å². The molecule has 0 aliphatic heterocycles. The zero-order valence-corrected chi connectivity index (χ0v) is 12.8. The number of hydrogen-bond donors (Lipinski definition) is 0. The van der Waals surface area contributed by atoms with Crippen LogP contribution >= 0.6 is 0 Å². The first-order valence-corrected chi connectivity index (χ1v) is 7.01. The third kappa shape index (κ3) is 4.05. The molecule has 0 fully saturated rings. The van der Waals surface area contributed by atoms with Gasteiger partial charge in [-0.2, -0.15) is 0 Å². The van der Waals surface area contributed by atoms with Crippen molar-refractivity contribution in [3.63, 3.8) is 0 Å². The van der Waals surface area contributed by atoms with E-state index in [0.717, 1.165) is 21.9 Å². The largest absolute Gasteiger partial charge is 0.456 e. The van der Waals surface area contributed by atoms with Crippen LogP contribution in [0.5, 0.6) is 0 Å². The summed E-state index contributed by atoms with van der Waals surface area (Å²) in [4.78, 5) is 8.09. The van der Waals surface area contributed by atoms with E-state index in [0.29, 0.717) is 0 Å². The maximum atomic E-state index is 5.57. The summed E-state index contributed by atoms with van der Waals surface area (Å²) in [5.41, 5.74) is 1.72. The molecule has 0 saturated carbocycles. The first-order chi connectivity index (χ1) is 9.45. The number of rotatable bonds is 0. The summed E-state index contributed by atoms with van der Waals surface area (Å²) >= 11 is 0. The predicted molar refractivity (Wildman–Crippen MR) is 83.4 cm³/mol. The Morgan fingerprint density at radius 3 is 1.42 bits per heavy atom. The molecule has 3 rings (SSSR count). The van der Waals surface area contributed by atoms with Gasteiger partial charge in [-0.1, -0.05) is 41.5 Å². The van der Waals surface area contributed by atoms with Gasteiger partial charge in [0.05, 0.1) is 0 Å². The quantitative estimate of drug-likeness (QED) is 0.539. The minimum atomic E-state index is 0.859. The number of furan rings is 1. The molecule has 0 N–H and O–H groups in total. The first kappa shape index (κ1) is 17.1. The lowest BCUT2D eigenvalue weighted by Crippen LogP contribution is -1.70. The highest BCUT2D eigenvalue weighted by molar-refractivity contribution is 6.03. The fraction of sp³-hybridized carbons (Fsp3) is 0.375. The lowest BCUT2D eigenvalue weighted by atomic mass is 10.2. The van der Waals surface area contributed by atoms with Crippen LogP contribution in [0, 0.1) is 0 Å². The summed E-state index contributed by atoms with van der Waals surface area (Å²) in [6, 6.07) is 3.71. The summed E-state index contributed by atoms with van der Waals surface area (Å²) in [6.45, 7) is 12.0. The molecular formula is C16H24N2O. The molecule has 3 heteroatoms. The molecule has 3 nitrogen and oxygen atoms in total. The number of nitrogens with zero attached hydrogens (tertiary/aromatic N) is 2. The monoisotopic (exact) mass is 260 g/mol. The van der Waals surface area contributed by atoms with Gasteiger partial charge in [0.2, 0.25) is 0 Å². The molecule has 0 saturated heterocycles. The lowest BCUT2D eigenvalue weighted by molar-refractivity contribution is 0.668. The van der Waals surface area contributed by atoms with Crippen molar-refractivity contribution < 1.29 is 4.42 Å². The van der Waals surface area contributed by atoms with E-state index in [9.17, 15) is 0 Å². The van der Waals surface area contributed by atoms with Crippen LogP contribution in [0.2, 0.25) is 0 Å². The zero-order chi connectivity index (χ0) is 14.7. The predicted octanol–water partition coefficient (Wildman–Crippen LogP) is 5.45. The second kappa shape index (κ2) is 10.1. The van der Waals surface area contributed by atoms with Crippen molar-refractivity contribution in [3.05, 3.63) is 36.9 Å². The highest BCUT2D eigenvalue weighted by Gasteiger charge is 2.04. The van der Waals surface area contributed by atoms with Crippen molar-refractivity contribution in [2.45, 2.75) is 41.5 Å². The Kier molecular flexibility index (Phi) is 9.06. The highest BCUT2D eigenvalue weighted by atomic mass is 16.3. The minimum absolute atomic E-state index is 0.859. The summed E-state index contributed by atoms with van der Waals surface area (Å²) < 4.78 is 5.57. The Labute approximate surface area is 115 Å². The van der Waals surface area contributed by atoms with Gasteiger partial charge >= 0.3 is 0 Å². The van der Waals surface area contributed by atoms with Crippen molar-refractivity contribution in [1.29, 1.82) is 0 Å². The van der Waals surface area contributed by atoms with E-state index in [1.54, 1.807) is 24.8 Å². The van der Waals surface area contributed by atoms with E-state index in [2.05, 4.69) is 9.97 Å². The first-order valence-electron chi connectivity index (χ1n) is 7.01. The smallest absolute Gasteiger partial charge is 0.138 e. The van der Waals surface area contributed by atoms with Crippen molar-refractivity contribution >= 4 is 21.9 Å². The topological polar surface area (TPSA) is 38.9 Å². The van der Waals surface area contributed by atoms with Crippen LogP contribution in [0.4, 0.5) is 0 Å². The summed E-state index contributed by atoms with van der Waals surface area (Å²) in [6.07, 6.45) is 7.03. The normalized spacial score (nSPS) is 8.53. The third-order valence-electron chi connectivity index (χ3n) is 2.07. The molecule has 0 aliphatic rings. The lowest BCUT2D eigenvalue weighted by Gasteiger charge is -1.84. The van der Waals surface area contributed by atoms with Crippen LogP contribution in [-0.4, -0.2) is 9.97 Å². The van der Waals surface area contributed by atoms with E-state index < -0.39 is 0 Å². The molecule has 3 heterocycles. The van der Waals surface area contributed by atoms with Crippen molar-refractivity contribution in [3.8, 4) is 0 Å². The summed E-state index contributed by atoms with van der Waals surface area (Å²) in [5.74, 6) is 0. The standard InChI is InChI=1S/C10H6N2O.3C2H6/c1-3-11-5-7-8-6-12-4-2-10(8)13-9(1)7;3*1-2/h1-6H;3*1-2H3. The van der Waals surface area contributed by atoms with Crippen LogP contribution in [0.25, 0.3) is 21.9 Å². The molecule has 0 aliphatic carbocycles. The molecule has 104 valence electrons. The van der Waals surface area contributed by atoms with Gasteiger partial charge in [0.1, 0.15) is 11.2 Å². The number of fused-ring (bicyclic) bond motifs is 3. The maximum Gasteiger partial charge on any atom is 0.138 e. The second-order valence-corrected chi connectivity index (χ2v) is 2.85. The van der Waals surface area contributed by atoms with Gasteiger partial charge in [-0.05, 0) is 12.1 Å². The average Bonchev–Trinajstić information content (AvgIpc) is 2.92. The van der Waals surface area contributed by atoms with Crippen molar-refractivity contribution in [1.82, 2.24) is 9.97 Å². The molecule has 0 atom stereocenters. The zero-order valence-electron chi connectivity index (χ0n) is 12.8. The Morgan fingerprint density at radius 1 is 0.684 bits per heavy atom. The van der Waals surface area contributed by atoms with Gasteiger partial charge in [-0.25, -0.2) is 0 Å². The molecular weight excluding hydrogens is 236 g/mol. The molecule has 0 bridgehead atoms. The summed E-state index contributed by atoms with van der Waals surface area (Å²) in [7, 11) is 0. The van der Waals surface area contributed by atoms with Crippen LogP contribution in [-0.2, 0) is 0 Å². The van der Waals surface area contributed by atoms with Crippen LogP contribution < -0.4 is 0 Å². The van der Waals surface area contributed by atoms with E-state index in [-0.39, 0.29) is 0 Å². The third-order valence-corrected chi connectivity index (χ3v) is 2.07. The number of hydrogen-bond acceptors (Lipinski definition) is 3. The molecule has 0 aromatic carbocycles. The molecule has 3 aromatic heterocycles. The number of aromatic nitrogens is 2. The van der Waals surface area contributed by atoms with Crippen molar-refractivity contribution in [2.24, 2.45) is 0 Å². The second-order valence-electron chi connectivity index (χ2n) is 2.85. The molecule has 0 radical (unpaired) electrons. The van der Waals surface area contributed by atoms with E-state index in [1.165, 1.54) is 0 Å². The molecule has 19 heavy (non-hydrogen) atoms. The van der Waals surface area contributed by atoms with Gasteiger partial charge < -0.3 is 4.42 Å². The Bertz CT molecular complexity index is 523. The van der Waals surface area contributed by atoms with Crippen LogP contribution in [0.3, 0.4) is 0 Å². The van der Waals surface area contributed by atoms with E-state index in [1.807, 2.05) is 53.7 Å². The Balaban J connectivity index is 0.000000482. The minimum Gasteiger partial charge on any atom is -0.456 e. The highest BCUT2D eigenvalue weighted by Crippen LogP contribution is 2.26. The van der Waals surface area contributed by atoms with Crippen LogP contribution in [0.15, 0.2) is 41.3 Å². The van der Waals surface area contributed by atoms with Gasteiger partial charge in [0.25, 0.3) is 0 Å². The van der Waals surface area contributed by atoms with E-state index in [4.69, 9.17) is 4.42 Å². The molecule has 3 aromatic rings. The average molecular weight is 260 g/mol. The van der Waals surface area contributed by atoms with Gasteiger partial charge in [0, 0.05) is 35.6 Å². The Morgan fingerprint density at radius 2 is 1.05 bits per heavy atom. The van der Waals surface area contributed by atoms with Gasteiger partial charge in [-0.15, -0.1) is 0 Å². The fourth-order valence-electron chi connectivity index (χ4n) is 1.46. The van der Waals surface area contributed by atoms with Gasteiger partial charge in [0.15, 0.2) is 0 Å². The van der Waals surface area contributed by atoms with Crippen LogP contribution in [0.1, 0.15) is 41.5 Å². The molecule has 0 amide bonds. The SMILES string of the molecule is CC.CC.CC.c1cc2oc3ccncc3c2cn1. The molecule has 0 unspecified atom stereocenters. The Hall–Kier alpha value is -1.90. The van der Waals surface area contributed by atoms with E-state index >= 15 is 0 Å².